The molecule has 0 unspecified atom stereocenters. The van der Waals surface area contributed by atoms with Crippen molar-refractivity contribution in [2.24, 2.45) is 7.05 Å². The Kier molecular flexibility index (Phi) is 3.44. The summed E-state index contributed by atoms with van der Waals surface area (Å²) in [5.41, 5.74) is 1.82. The SMILES string of the molecule is Cc1cccc(CNCc2nccn2C)c1O. The maximum atomic E-state index is 9.85. The number of aromatic nitrogens is 2. The van der Waals surface area contributed by atoms with Gasteiger partial charge in [0.15, 0.2) is 0 Å². The van der Waals surface area contributed by atoms with E-state index in [0.29, 0.717) is 18.8 Å². The van der Waals surface area contributed by atoms with E-state index in [0.717, 1.165) is 17.0 Å². The number of nitrogens with one attached hydrogen (secondary N) is 1. The molecule has 2 N–H and O–H groups in total. The predicted octanol–water partition coefficient (Wildman–Crippen LogP) is 1.72. The van der Waals surface area contributed by atoms with E-state index in [2.05, 4.69) is 10.3 Å². The van der Waals surface area contributed by atoms with Gasteiger partial charge in [0.05, 0.1) is 6.54 Å². The van der Waals surface area contributed by atoms with Gasteiger partial charge in [-0.3, -0.25) is 0 Å². The van der Waals surface area contributed by atoms with Crippen molar-refractivity contribution < 1.29 is 5.11 Å². The number of phenols is 1. The van der Waals surface area contributed by atoms with Crippen molar-refractivity contribution in [1.29, 1.82) is 0 Å². The number of imidazole rings is 1. The third-order valence-electron chi connectivity index (χ3n) is 2.84. The summed E-state index contributed by atoms with van der Waals surface area (Å²) in [4.78, 5) is 4.22. The minimum absolute atomic E-state index is 0.375. The molecule has 1 aromatic heterocycles. The van der Waals surface area contributed by atoms with Gasteiger partial charge in [-0.1, -0.05) is 18.2 Å². The van der Waals surface area contributed by atoms with Crippen LogP contribution in [0.5, 0.6) is 5.75 Å². The van der Waals surface area contributed by atoms with Crippen LogP contribution in [0.4, 0.5) is 0 Å². The summed E-state index contributed by atoms with van der Waals surface area (Å²) in [6, 6.07) is 5.78. The first-order chi connectivity index (χ1) is 8.18. The smallest absolute Gasteiger partial charge is 0.122 e. The molecule has 17 heavy (non-hydrogen) atoms. The summed E-state index contributed by atoms with van der Waals surface area (Å²) in [5.74, 6) is 1.36. The Labute approximate surface area is 101 Å². The third kappa shape index (κ3) is 2.65. The van der Waals surface area contributed by atoms with Crippen LogP contribution in [0.25, 0.3) is 0 Å². The molecule has 0 aliphatic heterocycles. The Bertz CT molecular complexity index is 505. The lowest BCUT2D eigenvalue weighted by atomic mass is 10.1. The molecule has 1 heterocycles. The summed E-state index contributed by atoms with van der Waals surface area (Å²) in [6.45, 7) is 3.23. The lowest BCUT2D eigenvalue weighted by Crippen LogP contribution is -2.15. The fourth-order valence-electron chi connectivity index (χ4n) is 1.74. The van der Waals surface area contributed by atoms with E-state index in [4.69, 9.17) is 0 Å². The van der Waals surface area contributed by atoms with Crippen LogP contribution in [-0.2, 0) is 20.1 Å². The Balaban J connectivity index is 1.95. The Hall–Kier alpha value is -1.81. The van der Waals surface area contributed by atoms with Crippen molar-refractivity contribution in [2.75, 3.05) is 0 Å². The largest absolute Gasteiger partial charge is 0.507 e. The highest BCUT2D eigenvalue weighted by Gasteiger charge is 2.04. The third-order valence-corrected chi connectivity index (χ3v) is 2.84. The van der Waals surface area contributed by atoms with E-state index >= 15 is 0 Å². The summed E-state index contributed by atoms with van der Waals surface area (Å²) in [5, 5.41) is 13.1. The molecule has 0 atom stereocenters. The van der Waals surface area contributed by atoms with Gasteiger partial charge >= 0.3 is 0 Å². The van der Waals surface area contributed by atoms with Crippen molar-refractivity contribution in [3.8, 4) is 5.75 Å². The number of aryl methyl sites for hydroxylation is 2. The highest BCUT2D eigenvalue weighted by atomic mass is 16.3. The quantitative estimate of drug-likeness (QED) is 0.842. The molecule has 90 valence electrons. The Morgan fingerprint density at radius 2 is 2.18 bits per heavy atom. The molecule has 2 aromatic rings. The van der Waals surface area contributed by atoms with Gasteiger partial charge in [-0.05, 0) is 12.5 Å². The molecule has 4 heteroatoms. The van der Waals surface area contributed by atoms with Gasteiger partial charge in [-0.15, -0.1) is 0 Å². The van der Waals surface area contributed by atoms with E-state index in [-0.39, 0.29) is 0 Å². The number of para-hydroxylation sites is 1. The highest BCUT2D eigenvalue weighted by molar-refractivity contribution is 5.39. The van der Waals surface area contributed by atoms with E-state index in [1.165, 1.54) is 0 Å². The minimum atomic E-state index is 0.375. The van der Waals surface area contributed by atoms with Gasteiger partial charge in [0, 0.05) is 31.5 Å². The molecule has 0 amide bonds. The van der Waals surface area contributed by atoms with Crippen LogP contribution in [0.15, 0.2) is 30.6 Å². The Morgan fingerprint density at radius 1 is 1.35 bits per heavy atom. The number of benzene rings is 1. The van der Waals surface area contributed by atoms with Gasteiger partial charge < -0.3 is 15.0 Å². The topological polar surface area (TPSA) is 50.1 Å². The maximum absolute atomic E-state index is 9.85. The molecule has 4 nitrogen and oxygen atoms in total. The van der Waals surface area contributed by atoms with Gasteiger partial charge in [0.1, 0.15) is 11.6 Å². The predicted molar refractivity (Wildman–Crippen MR) is 66.6 cm³/mol. The zero-order valence-electron chi connectivity index (χ0n) is 10.1. The van der Waals surface area contributed by atoms with Crippen LogP contribution in [0, 0.1) is 6.92 Å². The summed E-state index contributed by atoms with van der Waals surface area (Å²) in [7, 11) is 1.97. The average molecular weight is 231 g/mol. The molecular formula is C13H17N3O. The van der Waals surface area contributed by atoms with Gasteiger partial charge in [-0.2, -0.15) is 0 Å². The number of hydrogen-bond acceptors (Lipinski definition) is 3. The summed E-state index contributed by atoms with van der Waals surface area (Å²) >= 11 is 0. The number of aromatic hydroxyl groups is 1. The van der Waals surface area contributed by atoms with Crippen molar-refractivity contribution in [3.05, 3.63) is 47.5 Å². The highest BCUT2D eigenvalue weighted by Crippen LogP contribution is 2.20. The van der Waals surface area contributed by atoms with Crippen LogP contribution >= 0.6 is 0 Å². The molecule has 0 radical (unpaired) electrons. The van der Waals surface area contributed by atoms with Gasteiger partial charge in [0.2, 0.25) is 0 Å². The van der Waals surface area contributed by atoms with Crippen molar-refractivity contribution in [1.82, 2.24) is 14.9 Å². The molecule has 0 aliphatic rings. The minimum Gasteiger partial charge on any atom is -0.507 e. The molecule has 0 bridgehead atoms. The maximum Gasteiger partial charge on any atom is 0.122 e. The number of rotatable bonds is 4. The number of nitrogens with zero attached hydrogens (tertiary/aromatic N) is 2. The van der Waals surface area contributed by atoms with E-state index < -0.39 is 0 Å². The van der Waals surface area contributed by atoms with Crippen molar-refractivity contribution >= 4 is 0 Å². The lowest BCUT2D eigenvalue weighted by molar-refractivity contribution is 0.459. The second kappa shape index (κ2) is 5.01. The standard InChI is InChI=1S/C13H17N3O/c1-10-4-3-5-11(13(10)17)8-14-9-12-15-6-7-16(12)2/h3-7,14,17H,8-9H2,1-2H3. The molecule has 0 spiro atoms. The monoisotopic (exact) mass is 231 g/mol. The first-order valence-electron chi connectivity index (χ1n) is 5.63. The van der Waals surface area contributed by atoms with E-state index in [1.807, 2.05) is 42.9 Å². The first kappa shape index (κ1) is 11.7. The fourth-order valence-corrected chi connectivity index (χ4v) is 1.74. The van der Waals surface area contributed by atoms with Gasteiger partial charge in [0.25, 0.3) is 0 Å². The van der Waals surface area contributed by atoms with Crippen LogP contribution in [-0.4, -0.2) is 14.7 Å². The molecule has 0 saturated heterocycles. The second-order valence-electron chi connectivity index (χ2n) is 4.14. The van der Waals surface area contributed by atoms with E-state index in [1.54, 1.807) is 6.20 Å². The molecule has 0 aliphatic carbocycles. The van der Waals surface area contributed by atoms with Crippen LogP contribution < -0.4 is 5.32 Å². The number of hydrogen-bond donors (Lipinski definition) is 2. The van der Waals surface area contributed by atoms with Crippen LogP contribution in [0.2, 0.25) is 0 Å². The zero-order chi connectivity index (χ0) is 12.3. The van der Waals surface area contributed by atoms with Crippen molar-refractivity contribution in [3.63, 3.8) is 0 Å². The van der Waals surface area contributed by atoms with Crippen LogP contribution in [0.1, 0.15) is 17.0 Å². The van der Waals surface area contributed by atoms with Gasteiger partial charge in [-0.25, -0.2) is 4.98 Å². The molecule has 0 saturated carbocycles. The first-order valence-corrected chi connectivity index (χ1v) is 5.63. The zero-order valence-corrected chi connectivity index (χ0v) is 10.1. The molecule has 1 aromatic carbocycles. The number of phenolic OH excluding ortho intramolecular Hbond substituents is 1. The van der Waals surface area contributed by atoms with Crippen molar-refractivity contribution in [2.45, 2.75) is 20.0 Å². The second-order valence-corrected chi connectivity index (χ2v) is 4.14. The average Bonchev–Trinajstić information content (AvgIpc) is 2.71. The molecule has 2 rings (SSSR count). The summed E-state index contributed by atoms with van der Waals surface area (Å²) < 4.78 is 1.98. The molecular weight excluding hydrogens is 214 g/mol. The van der Waals surface area contributed by atoms with E-state index in [9.17, 15) is 5.11 Å². The van der Waals surface area contributed by atoms with Crippen LogP contribution in [0.3, 0.4) is 0 Å². The molecule has 0 fully saturated rings. The normalized spacial score (nSPS) is 10.7. The lowest BCUT2D eigenvalue weighted by Gasteiger charge is -2.08. The summed E-state index contributed by atoms with van der Waals surface area (Å²) in [6.07, 6.45) is 3.70. The fraction of sp³-hybridized carbons (Fsp3) is 0.308. The Morgan fingerprint density at radius 3 is 2.88 bits per heavy atom.